The third kappa shape index (κ3) is 2.20. The molecule has 0 bridgehead atoms. The van der Waals surface area contributed by atoms with Crippen molar-refractivity contribution in [3.63, 3.8) is 0 Å². The van der Waals surface area contributed by atoms with E-state index >= 15 is 0 Å². The summed E-state index contributed by atoms with van der Waals surface area (Å²) in [5, 5.41) is 8.08. The van der Waals surface area contributed by atoms with Crippen molar-refractivity contribution < 1.29 is 0 Å². The minimum Gasteiger partial charge on any atom is -0.381 e. The Morgan fingerprint density at radius 3 is 2.71 bits per heavy atom. The first-order valence-electron chi connectivity index (χ1n) is 4.63. The van der Waals surface area contributed by atoms with Gasteiger partial charge in [-0.2, -0.15) is 16.9 Å². The number of hydrogen-bond donors (Lipinski definition) is 1. The first-order chi connectivity index (χ1) is 6.77. The SMILES string of the molecule is Nc1nnc(C2CCSCC2)cc1Br. The van der Waals surface area contributed by atoms with E-state index in [1.54, 1.807) is 0 Å². The van der Waals surface area contributed by atoms with E-state index in [1.807, 2.05) is 17.8 Å². The van der Waals surface area contributed by atoms with Crippen LogP contribution in [0, 0.1) is 0 Å². The van der Waals surface area contributed by atoms with E-state index in [0.717, 1.165) is 10.2 Å². The van der Waals surface area contributed by atoms with Gasteiger partial charge in [-0.05, 0) is 46.3 Å². The van der Waals surface area contributed by atoms with Crippen LogP contribution in [-0.4, -0.2) is 21.7 Å². The number of aromatic nitrogens is 2. The molecule has 0 amide bonds. The second-order valence-electron chi connectivity index (χ2n) is 3.39. The maximum Gasteiger partial charge on any atom is 0.160 e. The third-order valence-electron chi connectivity index (χ3n) is 2.43. The van der Waals surface area contributed by atoms with Gasteiger partial charge in [-0.25, -0.2) is 0 Å². The highest BCUT2D eigenvalue weighted by Crippen LogP contribution is 2.31. The predicted octanol–water partition coefficient (Wildman–Crippen LogP) is 2.43. The lowest BCUT2D eigenvalue weighted by Gasteiger charge is -2.20. The van der Waals surface area contributed by atoms with Crippen molar-refractivity contribution in [1.82, 2.24) is 10.2 Å². The van der Waals surface area contributed by atoms with Crippen molar-refractivity contribution in [2.45, 2.75) is 18.8 Å². The monoisotopic (exact) mass is 273 g/mol. The molecule has 5 heteroatoms. The number of thioether (sulfide) groups is 1. The Hall–Kier alpha value is -0.290. The summed E-state index contributed by atoms with van der Waals surface area (Å²) in [4.78, 5) is 0. The number of nitrogen functional groups attached to an aromatic ring is 1. The Bertz CT molecular complexity index is 326. The van der Waals surface area contributed by atoms with E-state index in [-0.39, 0.29) is 0 Å². The van der Waals surface area contributed by atoms with Crippen LogP contribution in [0.3, 0.4) is 0 Å². The molecular weight excluding hydrogens is 262 g/mol. The number of halogens is 1. The average molecular weight is 274 g/mol. The molecule has 1 saturated heterocycles. The molecule has 14 heavy (non-hydrogen) atoms. The largest absolute Gasteiger partial charge is 0.381 e. The lowest BCUT2D eigenvalue weighted by molar-refractivity contribution is 0.609. The highest BCUT2D eigenvalue weighted by molar-refractivity contribution is 9.10. The van der Waals surface area contributed by atoms with E-state index in [4.69, 9.17) is 5.73 Å². The van der Waals surface area contributed by atoms with E-state index in [9.17, 15) is 0 Å². The van der Waals surface area contributed by atoms with Gasteiger partial charge in [0.15, 0.2) is 5.82 Å². The second-order valence-corrected chi connectivity index (χ2v) is 5.47. The minimum absolute atomic E-state index is 0.471. The van der Waals surface area contributed by atoms with Gasteiger partial charge in [0, 0.05) is 5.92 Å². The molecule has 0 radical (unpaired) electrons. The molecule has 2 rings (SSSR count). The third-order valence-corrected chi connectivity index (χ3v) is 4.12. The van der Waals surface area contributed by atoms with E-state index < -0.39 is 0 Å². The summed E-state index contributed by atoms with van der Waals surface area (Å²) >= 11 is 5.40. The quantitative estimate of drug-likeness (QED) is 0.854. The van der Waals surface area contributed by atoms with Gasteiger partial charge in [0.25, 0.3) is 0 Å². The summed E-state index contributed by atoms with van der Waals surface area (Å²) in [7, 11) is 0. The van der Waals surface area contributed by atoms with Crippen molar-refractivity contribution in [2.24, 2.45) is 0 Å². The fourth-order valence-corrected chi connectivity index (χ4v) is 3.01. The molecule has 0 spiro atoms. The average Bonchev–Trinajstić information content (AvgIpc) is 2.23. The lowest BCUT2D eigenvalue weighted by atomic mass is 9.99. The van der Waals surface area contributed by atoms with Gasteiger partial charge in [-0.3, -0.25) is 0 Å². The van der Waals surface area contributed by atoms with Crippen LogP contribution in [0.4, 0.5) is 5.82 Å². The van der Waals surface area contributed by atoms with Crippen molar-refractivity contribution >= 4 is 33.5 Å². The Kier molecular flexibility index (Phi) is 3.28. The van der Waals surface area contributed by atoms with Crippen molar-refractivity contribution in [1.29, 1.82) is 0 Å². The fraction of sp³-hybridized carbons (Fsp3) is 0.556. The van der Waals surface area contributed by atoms with Crippen LogP contribution >= 0.6 is 27.7 Å². The molecule has 0 saturated carbocycles. The van der Waals surface area contributed by atoms with Crippen molar-refractivity contribution in [3.05, 3.63) is 16.2 Å². The summed E-state index contributed by atoms with van der Waals surface area (Å²) in [5.41, 5.74) is 6.67. The van der Waals surface area contributed by atoms with Crippen molar-refractivity contribution in [2.75, 3.05) is 17.2 Å². The van der Waals surface area contributed by atoms with E-state index in [1.165, 1.54) is 24.3 Å². The zero-order valence-corrected chi connectivity index (χ0v) is 10.1. The Balaban J connectivity index is 2.18. The Labute approximate surface area is 96.0 Å². The molecule has 0 aliphatic carbocycles. The molecule has 0 atom stereocenters. The molecule has 3 nitrogen and oxygen atoms in total. The summed E-state index contributed by atoms with van der Waals surface area (Å²) in [6.07, 6.45) is 2.41. The Morgan fingerprint density at radius 2 is 2.07 bits per heavy atom. The van der Waals surface area contributed by atoms with Crippen LogP contribution in [0.2, 0.25) is 0 Å². The second kappa shape index (κ2) is 4.49. The maximum absolute atomic E-state index is 5.59. The zero-order valence-electron chi connectivity index (χ0n) is 7.74. The van der Waals surface area contributed by atoms with Gasteiger partial charge in [0.1, 0.15) is 0 Å². The van der Waals surface area contributed by atoms with Gasteiger partial charge in [-0.1, -0.05) is 0 Å². The number of anilines is 1. The number of nitrogens with zero attached hydrogens (tertiary/aromatic N) is 2. The maximum atomic E-state index is 5.59. The lowest BCUT2D eigenvalue weighted by Crippen LogP contribution is -2.11. The van der Waals surface area contributed by atoms with E-state index in [0.29, 0.717) is 11.7 Å². The van der Waals surface area contributed by atoms with Gasteiger partial charge < -0.3 is 5.73 Å². The molecule has 76 valence electrons. The number of rotatable bonds is 1. The van der Waals surface area contributed by atoms with Crippen LogP contribution in [0.5, 0.6) is 0 Å². The normalized spacial score (nSPS) is 18.4. The number of hydrogen-bond acceptors (Lipinski definition) is 4. The highest BCUT2D eigenvalue weighted by Gasteiger charge is 2.18. The molecule has 1 aromatic heterocycles. The summed E-state index contributed by atoms with van der Waals surface area (Å²) in [6.45, 7) is 0. The van der Waals surface area contributed by atoms with Gasteiger partial charge in [0.05, 0.1) is 10.2 Å². The van der Waals surface area contributed by atoms with Crippen LogP contribution in [-0.2, 0) is 0 Å². The predicted molar refractivity (Wildman–Crippen MR) is 63.4 cm³/mol. The molecule has 2 heterocycles. The minimum atomic E-state index is 0.471. The first kappa shape index (κ1) is 10.2. The van der Waals surface area contributed by atoms with E-state index in [2.05, 4.69) is 26.1 Å². The van der Waals surface area contributed by atoms with Gasteiger partial charge in [-0.15, -0.1) is 5.10 Å². The zero-order chi connectivity index (χ0) is 9.97. The summed E-state index contributed by atoms with van der Waals surface area (Å²) in [5.74, 6) is 3.50. The number of nitrogens with two attached hydrogens (primary N) is 1. The standard InChI is InChI=1S/C9H12BrN3S/c10-7-5-8(12-13-9(7)11)6-1-3-14-4-2-6/h5-6H,1-4H2,(H2,11,13). The highest BCUT2D eigenvalue weighted by atomic mass is 79.9. The Morgan fingerprint density at radius 1 is 1.36 bits per heavy atom. The molecule has 0 unspecified atom stereocenters. The summed E-state index contributed by atoms with van der Waals surface area (Å²) < 4.78 is 0.862. The first-order valence-corrected chi connectivity index (χ1v) is 6.58. The topological polar surface area (TPSA) is 51.8 Å². The van der Waals surface area contributed by atoms with Crippen LogP contribution < -0.4 is 5.73 Å². The molecule has 1 aliphatic rings. The summed E-state index contributed by atoms with van der Waals surface area (Å²) in [6, 6.07) is 2.00. The molecule has 1 aromatic rings. The molecule has 0 aromatic carbocycles. The molecular formula is C9H12BrN3S. The van der Waals surface area contributed by atoms with Crippen molar-refractivity contribution in [3.8, 4) is 0 Å². The van der Waals surface area contributed by atoms with Gasteiger partial charge >= 0.3 is 0 Å². The smallest absolute Gasteiger partial charge is 0.160 e. The molecule has 1 fully saturated rings. The van der Waals surface area contributed by atoms with Gasteiger partial charge in [0.2, 0.25) is 0 Å². The molecule has 1 aliphatic heterocycles. The van der Waals surface area contributed by atoms with Crippen LogP contribution in [0.1, 0.15) is 24.5 Å². The fourth-order valence-electron chi connectivity index (χ4n) is 1.58. The molecule has 2 N–H and O–H groups in total. The van der Waals surface area contributed by atoms with Crippen LogP contribution in [0.15, 0.2) is 10.5 Å². The van der Waals surface area contributed by atoms with Crippen LogP contribution in [0.25, 0.3) is 0 Å².